The number of nitrogens with zero attached hydrogens (tertiary/aromatic N) is 2. The SMILES string of the molecule is CC(Cl)C(C)C(C)n1ccc(N)nc1=O. The highest BCUT2D eigenvalue weighted by Crippen LogP contribution is 2.22. The zero-order valence-electron chi connectivity index (χ0n) is 9.14. The van der Waals surface area contributed by atoms with Crippen LogP contribution >= 0.6 is 11.6 Å². The predicted molar refractivity (Wildman–Crippen MR) is 62.1 cm³/mol. The van der Waals surface area contributed by atoms with Crippen molar-refractivity contribution in [2.75, 3.05) is 5.73 Å². The Labute approximate surface area is 94.1 Å². The van der Waals surface area contributed by atoms with Gasteiger partial charge in [0.15, 0.2) is 0 Å². The molecule has 5 heteroatoms. The number of aromatic nitrogens is 2. The van der Waals surface area contributed by atoms with E-state index in [1.54, 1.807) is 16.8 Å². The van der Waals surface area contributed by atoms with Crippen LogP contribution in [-0.4, -0.2) is 14.9 Å². The fourth-order valence-corrected chi connectivity index (χ4v) is 1.58. The summed E-state index contributed by atoms with van der Waals surface area (Å²) in [5.41, 5.74) is 5.09. The van der Waals surface area contributed by atoms with Gasteiger partial charge in [0.25, 0.3) is 0 Å². The molecule has 0 radical (unpaired) electrons. The largest absolute Gasteiger partial charge is 0.383 e. The van der Waals surface area contributed by atoms with Gasteiger partial charge in [-0.2, -0.15) is 4.98 Å². The van der Waals surface area contributed by atoms with Crippen molar-refractivity contribution < 1.29 is 0 Å². The van der Waals surface area contributed by atoms with Gasteiger partial charge in [0, 0.05) is 17.6 Å². The molecule has 0 aliphatic heterocycles. The van der Waals surface area contributed by atoms with Crippen molar-refractivity contribution in [3.05, 3.63) is 22.7 Å². The lowest BCUT2D eigenvalue weighted by atomic mass is 10.0. The predicted octanol–water partition coefficient (Wildman–Crippen LogP) is 1.65. The molecule has 0 aliphatic carbocycles. The minimum atomic E-state index is -0.327. The summed E-state index contributed by atoms with van der Waals surface area (Å²) in [7, 11) is 0. The number of nitrogens with two attached hydrogens (primary N) is 1. The standard InChI is InChI=1S/C10H16ClN3O/c1-6(7(2)11)8(3)14-5-4-9(12)13-10(14)15/h4-8H,1-3H3,(H2,12,13,15). The molecule has 1 heterocycles. The van der Waals surface area contributed by atoms with Crippen LogP contribution in [0.1, 0.15) is 26.8 Å². The summed E-state index contributed by atoms with van der Waals surface area (Å²) in [5, 5.41) is 0.00412. The molecule has 15 heavy (non-hydrogen) atoms. The van der Waals surface area contributed by atoms with Crippen molar-refractivity contribution in [3.63, 3.8) is 0 Å². The van der Waals surface area contributed by atoms with E-state index < -0.39 is 0 Å². The Kier molecular flexibility index (Phi) is 3.74. The van der Waals surface area contributed by atoms with Crippen LogP contribution < -0.4 is 11.4 Å². The summed E-state index contributed by atoms with van der Waals surface area (Å²) in [5.74, 6) is 0.435. The molecule has 3 atom stereocenters. The quantitative estimate of drug-likeness (QED) is 0.802. The second-order valence-corrected chi connectivity index (χ2v) is 4.51. The highest BCUT2D eigenvalue weighted by atomic mass is 35.5. The molecule has 0 saturated heterocycles. The van der Waals surface area contributed by atoms with E-state index in [0.717, 1.165) is 0 Å². The van der Waals surface area contributed by atoms with Gasteiger partial charge in [0.05, 0.1) is 0 Å². The van der Waals surface area contributed by atoms with Crippen molar-refractivity contribution in [1.82, 2.24) is 9.55 Å². The minimum Gasteiger partial charge on any atom is -0.383 e. The summed E-state index contributed by atoms with van der Waals surface area (Å²) >= 11 is 6.00. The number of halogens is 1. The molecule has 0 fully saturated rings. The molecule has 0 amide bonds. The van der Waals surface area contributed by atoms with Crippen molar-refractivity contribution in [2.45, 2.75) is 32.2 Å². The zero-order chi connectivity index (χ0) is 11.6. The van der Waals surface area contributed by atoms with Gasteiger partial charge in [0.1, 0.15) is 5.82 Å². The van der Waals surface area contributed by atoms with Crippen LogP contribution in [0.2, 0.25) is 0 Å². The molecule has 1 aromatic heterocycles. The molecular weight excluding hydrogens is 214 g/mol. The molecule has 0 spiro atoms. The fraction of sp³-hybridized carbons (Fsp3) is 0.600. The summed E-state index contributed by atoms with van der Waals surface area (Å²) in [6.07, 6.45) is 1.66. The van der Waals surface area contributed by atoms with Gasteiger partial charge < -0.3 is 5.73 Å². The molecule has 0 saturated carbocycles. The fourth-order valence-electron chi connectivity index (χ4n) is 1.37. The van der Waals surface area contributed by atoms with Gasteiger partial charge in [-0.25, -0.2) is 4.79 Å². The van der Waals surface area contributed by atoms with Crippen LogP contribution in [-0.2, 0) is 0 Å². The Hall–Kier alpha value is -1.03. The van der Waals surface area contributed by atoms with Crippen LogP contribution in [0.15, 0.2) is 17.1 Å². The minimum absolute atomic E-state index is 0.00412. The third kappa shape index (κ3) is 2.72. The Morgan fingerprint density at radius 2 is 2.07 bits per heavy atom. The lowest BCUT2D eigenvalue weighted by Gasteiger charge is -2.23. The Balaban J connectivity index is 3.01. The average Bonchev–Trinajstić information content (AvgIpc) is 2.15. The summed E-state index contributed by atoms with van der Waals surface area (Å²) in [6, 6.07) is 1.63. The smallest absolute Gasteiger partial charge is 0.349 e. The molecule has 3 unspecified atom stereocenters. The first-order valence-corrected chi connectivity index (χ1v) is 5.36. The van der Waals surface area contributed by atoms with Crippen LogP contribution in [0.4, 0.5) is 5.82 Å². The normalized spacial score (nSPS) is 17.1. The first-order valence-electron chi connectivity index (χ1n) is 4.92. The lowest BCUT2D eigenvalue weighted by Crippen LogP contribution is -2.31. The maximum absolute atomic E-state index is 11.5. The third-order valence-corrected chi connectivity index (χ3v) is 3.17. The van der Waals surface area contributed by atoms with Crippen LogP contribution in [0.25, 0.3) is 0 Å². The maximum Gasteiger partial charge on any atom is 0.349 e. The Morgan fingerprint density at radius 3 is 2.53 bits per heavy atom. The van der Waals surface area contributed by atoms with Crippen molar-refractivity contribution in [1.29, 1.82) is 0 Å². The highest BCUT2D eigenvalue weighted by Gasteiger charge is 2.19. The first kappa shape index (κ1) is 12.0. The lowest BCUT2D eigenvalue weighted by molar-refractivity contribution is 0.362. The monoisotopic (exact) mass is 229 g/mol. The molecule has 0 bridgehead atoms. The summed E-state index contributed by atoms with van der Waals surface area (Å²) in [4.78, 5) is 15.2. The van der Waals surface area contributed by atoms with Crippen molar-refractivity contribution >= 4 is 17.4 Å². The van der Waals surface area contributed by atoms with Crippen LogP contribution in [0.3, 0.4) is 0 Å². The molecule has 1 rings (SSSR count). The molecule has 0 aliphatic rings. The van der Waals surface area contributed by atoms with E-state index in [1.807, 2.05) is 20.8 Å². The second kappa shape index (κ2) is 4.66. The number of nitrogen functional groups attached to an aromatic ring is 1. The molecule has 2 N–H and O–H groups in total. The topological polar surface area (TPSA) is 60.9 Å². The van der Waals surface area contributed by atoms with Gasteiger partial charge in [0.2, 0.25) is 0 Å². The first-order chi connectivity index (χ1) is 6.93. The van der Waals surface area contributed by atoms with Gasteiger partial charge in [-0.1, -0.05) is 6.92 Å². The molecular formula is C10H16ClN3O. The number of alkyl halides is 1. The number of hydrogen-bond acceptors (Lipinski definition) is 3. The average molecular weight is 230 g/mol. The summed E-state index contributed by atoms with van der Waals surface area (Å²) < 4.78 is 1.56. The molecule has 4 nitrogen and oxygen atoms in total. The highest BCUT2D eigenvalue weighted by molar-refractivity contribution is 6.20. The van der Waals surface area contributed by atoms with Gasteiger partial charge in [-0.05, 0) is 25.8 Å². The molecule has 1 aromatic rings. The van der Waals surface area contributed by atoms with Crippen LogP contribution in [0.5, 0.6) is 0 Å². The van der Waals surface area contributed by atoms with Crippen LogP contribution in [0, 0.1) is 5.92 Å². The molecule has 0 aromatic carbocycles. The molecule has 84 valence electrons. The van der Waals surface area contributed by atoms with E-state index in [2.05, 4.69) is 4.98 Å². The van der Waals surface area contributed by atoms with E-state index in [9.17, 15) is 4.79 Å². The Bertz CT molecular complexity index is 388. The van der Waals surface area contributed by atoms with E-state index in [-0.39, 0.29) is 28.8 Å². The van der Waals surface area contributed by atoms with Gasteiger partial charge in [-0.15, -0.1) is 11.6 Å². The third-order valence-electron chi connectivity index (χ3n) is 2.78. The second-order valence-electron chi connectivity index (χ2n) is 3.82. The maximum atomic E-state index is 11.5. The van der Waals surface area contributed by atoms with E-state index >= 15 is 0 Å². The van der Waals surface area contributed by atoms with E-state index in [4.69, 9.17) is 17.3 Å². The number of anilines is 1. The van der Waals surface area contributed by atoms with E-state index in [0.29, 0.717) is 0 Å². The Morgan fingerprint density at radius 1 is 1.47 bits per heavy atom. The van der Waals surface area contributed by atoms with Gasteiger partial charge in [-0.3, -0.25) is 4.57 Å². The van der Waals surface area contributed by atoms with E-state index in [1.165, 1.54) is 0 Å². The number of hydrogen-bond donors (Lipinski definition) is 1. The van der Waals surface area contributed by atoms with Crippen molar-refractivity contribution in [2.24, 2.45) is 5.92 Å². The number of rotatable bonds is 3. The van der Waals surface area contributed by atoms with Crippen molar-refractivity contribution in [3.8, 4) is 0 Å². The zero-order valence-corrected chi connectivity index (χ0v) is 9.90. The summed E-state index contributed by atoms with van der Waals surface area (Å²) in [6.45, 7) is 5.87. The van der Waals surface area contributed by atoms with Gasteiger partial charge >= 0.3 is 5.69 Å².